The van der Waals surface area contributed by atoms with Crippen molar-refractivity contribution in [1.29, 1.82) is 0 Å². The largest absolute Gasteiger partial charge is 0.325 e. The van der Waals surface area contributed by atoms with E-state index in [4.69, 9.17) is 0 Å². The average molecular weight is 371 g/mol. The van der Waals surface area contributed by atoms with E-state index in [9.17, 15) is 14.4 Å². The Morgan fingerprint density at radius 3 is 2.74 bits per heavy atom. The molecule has 6 heteroatoms. The van der Waals surface area contributed by atoms with Gasteiger partial charge < -0.3 is 10.6 Å². The number of imide groups is 1. The molecule has 0 saturated carbocycles. The van der Waals surface area contributed by atoms with Gasteiger partial charge in [-0.05, 0) is 55.9 Å². The number of benzene rings is 1. The van der Waals surface area contributed by atoms with Gasteiger partial charge in [0.15, 0.2) is 0 Å². The molecule has 2 aliphatic rings. The predicted molar refractivity (Wildman–Crippen MR) is 105 cm³/mol. The van der Waals surface area contributed by atoms with Crippen molar-refractivity contribution in [1.82, 2.24) is 10.2 Å². The molecule has 1 aromatic carbocycles. The number of hydrogen-bond acceptors (Lipinski definition) is 3. The molecule has 1 heterocycles. The SMILES string of the molecule is CCCCCCC1(C)NC(=O)N(CC(=O)Nc2ccc3c(c2)CCC3)C1=O. The first-order valence-electron chi connectivity index (χ1n) is 9.99. The molecule has 2 N–H and O–H groups in total. The van der Waals surface area contributed by atoms with Gasteiger partial charge >= 0.3 is 6.03 Å². The highest BCUT2D eigenvalue weighted by molar-refractivity contribution is 6.09. The second kappa shape index (κ2) is 8.11. The summed E-state index contributed by atoms with van der Waals surface area (Å²) in [5.74, 6) is -0.667. The van der Waals surface area contributed by atoms with Gasteiger partial charge in [0, 0.05) is 5.69 Å². The van der Waals surface area contributed by atoms with E-state index < -0.39 is 11.6 Å². The second-order valence-corrected chi connectivity index (χ2v) is 7.85. The summed E-state index contributed by atoms with van der Waals surface area (Å²) in [5.41, 5.74) is 2.41. The van der Waals surface area contributed by atoms with Crippen LogP contribution in [0, 0.1) is 0 Å². The second-order valence-electron chi connectivity index (χ2n) is 7.85. The zero-order valence-corrected chi connectivity index (χ0v) is 16.3. The summed E-state index contributed by atoms with van der Waals surface area (Å²) in [5, 5.41) is 5.58. The molecule has 1 atom stereocenters. The number of nitrogens with zero attached hydrogens (tertiary/aromatic N) is 1. The zero-order valence-electron chi connectivity index (χ0n) is 16.3. The number of rotatable bonds is 8. The van der Waals surface area contributed by atoms with E-state index in [0.29, 0.717) is 6.42 Å². The van der Waals surface area contributed by atoms with Crippen LogP contribution in [-0.2, 0) is 22.4 Å². The molecule has 1 saturated heterocycles. The highest BCUT2D eigenvalue weighted by atomic mass is 16.2. The molecule has 4 amide bonds. The highest BCUT2D eigenvalue weighted by Gasteiger charge is 2.47. The molecule has 0 aromatic heterocycles. The van der Waals surface area contributed by atoms with Gasteiger partial charge in [-0.1, -0.05) is 38.7 Å². The maximum Gasteiger partial charge on any atom is 0.325 e. The van der Waals surface area contributed by atoms with Crippen molar-refractivity contribution in [2.75, 3.05) is 11.9 Å². The van der Waals surface area contributed by atoms with Crippen molar-refractivity contribution in [2.45, 2.75) is 70.8 Å². The number of urea groups is 1. The van der Waals surface area contributed by atoms with Crippen LogP contribution in [0.2, 0.25) is 0 Å². The maximum atomic E-state index is 12.7. The van der Waals surface area contributed by atoms with Gasteiger partial charge in [-0.2, -0.15) is 0 Å². The predicted octanol–water partition coefficient (Wildman–Crippen LogP) is 3.39. The van der Waals surface area contributed by atoms with E-state index in [1.165, 1.54) is 11.1 Å². The lowest BCUT2D eigenvalue weighted by molar-refractivity contribution is -0.133. The van der Waals surface area contributed by atoms with Crippen LogP contribution in [0.25, 0.3) is 0 Å². The monoisotopic (exact) mass is 371 g/mol. The molecule has 6 nitrogen and oxygen atoms in total. The summed E-state index contributed by atoms with van der Waals surface area (Å²) < 4.78 is 0. The molecule has 0 radical (unpaired) electrons. The molecular weight excluding hydrogens is 342 g/mol. The normalized spacial score (nSPS) is 21.3. The Hall–Kier alpha value is -2.37. The summed E-state index contributed by atoms with van der Waals surface area (Å²) in [7, 11) is 0. The van der Waals surface area contributed by atoms with Crippen LogP contribution in [0.15, 0.2) is 18.2 Å². The van der Waals surface area contributed by atoms with Crippen molar-refractivity contribution in [3.63, 3.8) is 0 Å². The number of fused-ring (bicyclic) bond motifs is 1. The molecule has 1 aromatic rings. The van der Waals surface area contributed by atoms with Gasteiger partial charge in [0.05, 0.1) is 0 Å². The summed E-state index contributed by atoms with van der Waals surface area (Å²) in [6.07, 6.45) is 8.01. The fourth-order valence-electron chi connectivity index (χ4n) is 3.96. The number of anilines is 1. The molecule has 3 rings (SSSR count). The van der Waals surface area contributed by atoms with E-state index in [2.05, 4.69) is 17.6 Å². The maximum absolute atomic E-state index is 12.7. The smallest absolute Gasteiger partial charge is 0.325 e. The minimum atomic E-state index is -0.904. The van der Waals surface area contributed by atoms with Crippen LogP contribution < -0.4 is 10.6 Å². The number of carbonyl (C=O) groups is 3. The lowest BCUT2D eigenvalue weighted by Crippen LogP contribution is -2.44. The third kappa shape index (κ3) is 4.31. The van der Waals surface area contributed by atoms with Crippen molar-refractivity contribution < 1.29 is 14.4 Å². The Bertz CT molecular complexity index is 746. The number of nitrogens with one attached hydrogen (secondary N) is 2. The standard InChI is InChI=1S/C21H29N3O3/c1-3-4-5-6-12-21(2)19(26)24(20(27)23-21)14-18(25)22-17-11-10-15-8-7-9-16(15)13-17/h10-11,13H,3-9,12,14H2,1-2H3,(H,22,25)(H,23,27). The number of unbranched alkanes of at least 4 members (excludes halogenated alkanes) is 3. The molecular formula is C21H29N3O3. The molecule has 0 bridgehead atoms. The lowest BCUT2D eigenvalue weighted by atomic mass is 9.94. The molecule has 1 aliphatic carbocycles. The summed E-state index contributed by atoms with van der Waals surface area (Å²) in [6.45, 7) is 3.62. The zero-order chi connectivity index (χ0) is 19.4. The van der Waals surface area contributed by atoms with Gasteiger partial charge in [-0.25, -0.2) is 4.79 Å². The minimum absolute atomic E-state index is 0.258. The fourth-order valence-corrected chi connectivity index (χ4v) is 3.96. The molecule has 1 unspecified atom stereocenters. The Labute approximate surface area is 160 Å². The lowest BCUT2D eigenvalue weighted by Gasteiger charge is -2.21. The van der Waals surface area contributed by atoms with Gasteiger partial charge in [-0.15, -0.1) is 0 Å². The first kappa shape index (κ1) is 19.4. The Kier molecular flexibility index (Phi) is 5.82. The first-order valence-corrected chi connectivity index (χ1v) is 9.99. The third-order valence-corrected chi connectivity index (χ3v) is 5.56. The van der Waals surface area contributed by atoms with Crippen molar-refractivity contribution in [3.8, 4) is 0 Å². The van der Waals surface area contributed by atoms with Crippen LogP contribution in [0.3, 0.4) is 0 Å². The topological polar surface area (TPSA) is 78.5 Å². The van der Waals surface area contributed by atoms with Crippen LogP contribution >= 0.6 is 0 Å². The van der Waals surface area contributed by atoms with E-state index in [-0.39, 0.29) is 18.4 Å². The first-order chi connectivity index (χ1) is 12.9. The molecule has 0 spiro atoms. The summed E-state index contributed by atoms with van der Waals surface area (Å²) in [6, 6.07) is 5.43. The average Bonchev–Trinajstić information content (AvgIpc) is 3.17. The van der Waals surface area contributed by atoms with Gasteiger partial charge in [0.1, 0.15) is 12.1 Å². The third-order valence-electron chi connectivity index (χ3n) is 5.56. The number of aryl methyl sites for hydroxylation is 2. The van der Waals surface area contributed by atoms with Crippen LogP contribution in [0.1, 0.15) is 63.5 Å². The molecule has 1 aliphatic heterocycles. The quantitative estimate of drug-likeness (QED) is 0.543. The van der Waals surface area contributed by atoms with Gasteiger partial charge in [-0.3, -0.25) is 14.5 Å². The van der Waals surface area contributed by atoms with E-state index in [0.717, 1.165) is 55.5 Å². The van der Waals surface area contributed by atoms with Gasteiger partial charge in [0.25, 0.3) is 5.91 Å². The van der Waals surface area contributed by atoms with Crippen LogP contribution in [-0.4, -0.2) is 34.8 Å². The van der Waals surface area contributed by atoms with Crippen LogP contribution in [0.4, 0.5) is 10.5 Å². The molecule has 1 fully saturated rings. The van der Waals surface area contributed by atoms with Crippen LogP contribution in [0.5, 0.6) is 0 Å². The molecule has 27 heavy (non-hydrogen) atoms. The Balaban J connectivity index is 1.57. The van der Waals surface area contributed by atoms with Crippen molar-refractivity contribution >= 4 is 23.5 Å². The number of amides is 4. The van der Waals surface area contributed by atoms with Crippen molar-refractivity contribution in [3.05, 3.63) is 29.3 Å². The number of carbonyl (C=O) groups excluding carboxylic acids is 3. The minimum Gasteiger partial charge on any atom is -0.325 e. The van der Waals surface area contributed by atoms with E-state index >= 15 is 0 Å². The summed E-state index contributed by atoms with van der Waals surface area (Å²) in [4.78, 5) is 38.4. The van der Waals surface area contributed by atoms with E-state index in [1.54, 1.807) is 6.92 Å². The van der Waals surface area contributed by atoms with Crippen molar-refractivity contribution in [2.24, 2.45) is 0 Å². The number of hydrogen-bond donors (Lipinski definition) is 2. The fraction of sp³-hybridized carbons (Fsp3) is 0.571. The highest BCUT2D eigenvalue weighted by Crippen LogP contribution is 2.26. The molecule has 146 valence electrons. The Morgan fingerprint density at radius 1 is 1.19 bits per heavy atom. The Morgan fingerprint density at radius 2 is 1.96 bits per heavy atom. The summed E-state index contributed by atoms with van der Waals surface area (Å²) >= 11 is 0. The van der Waals surface area contributed by atoms with Gasteiger partial charge in [0.2, 0.25) is 5.91 Å². The van der Waals surface area contributed by atoms with E-state index in [1.807, 2.05) is 18.2 Å².